The zero-order chi connectivity index (χ0) is 21.2. The number of benzene rings is 2. The molecule has 2 rings (SSSR count). The number of Topliss-reactive ketones (excluding diaryl/α,β-unsaturated/α-hetero) is 1. The van der Waals surface area contributed by atoms with Crippen LogP contribution in [-0.2, 0) is 19.1 Å². The van der Waals surface area contributed by atoms with Crippen LogP contribution in [0.2, 0.25) is 0 Å². The molecular weight excluding hydrogens is 374 g/mol. The van der Waals surface area contributed by atoms with E-state index in [1.165, 1.54) is 0 Å². The van der Waals surface area contributed by atoms with Crippen LogP contribution in [-0.4, -0.2) is 44.1 Å². The number of ketones is 1. The lowest BCUT2D eigenvalue weighted by molar-refractivity contribution is -0.153. The van der Waals surface area contributed by atoms with Crippen LogP contribution in [0.25, 0.3) is 0 Å². The van der Waals surface area contributed by atoms with Gasteiger partial charge in [-0.1, -0.05) is 30.3 Å². The topological polar surface area (TPSA) is 90.9 Å². The maximum absolute atomic E-state index is 13.1. The van der Waals surface area contributed by atoms with Gasteiger partial charge in [0.2, 0.25) is 0 Å². The summed E-state index contributed by atoms with van der Waals surface area (Å²) in [7, 11) is 1.54. The first-order valence-electron chi connectivity index (χ1n) is 9.34. The summed E-state index contributed by atoms with van der Waals surface area (Å²) in [6, 6.07) is 13.8. The molecule has 2 unspecified atom stereocenters. The molecule has 29 heavy (non-hydrogen) atoms. The fraction of sp³-hybridized carbons (Fsp3) is 0.318. The van der Waals surface area contributed by atoms with Crippen molar-refractivity contribution in [3.8, 4) is 5.75 Å². The molecule has 2 atom stereocenters. The summed E-state index contributed by atoms with van der Waals surface area (Å²) in [5, 5.41) is 2.95. The second-order valence-electron chi connectivity index (χ2n) is 6.06. The Morgan fingerprint density at radius 1 is 0.862 bits per heavy atom. The molecule has 2 aromatic rings. The summed E-state index contributed by atoms with van der Waals surface area (Å²) < 4.78 is 15.4. The summed E-state index contributed by atoms with van der Waals surface area (Å²) in [5.74, 6) is -2.81. The Kier molecular flexibility index (Phi) is 8.21. The van der Waals surface area contributed by atoms with Gasteiger partial charge in [-0.3, -0.25) is 9.59 Å². The van der Waals surface area contributed by atoms with Crippen molar-refractivity contribution < 1.29 is 28.6 Å². The van der Waals surface area contributed by atoms with Crippen LogP contribution >= 0.6 is 0 Å². The molecule has 7 nitrogen and oxygen atoms in total. The van der Waals surface area contributed by atoms with E-state index in [1.807, 2.05) is 0 Å². The highest BCUT2D eigenvalue weighted by Crippen LogP contribution is 2.22. The molecule has 1 N–H and O–H groups in total. The Hall–Kier alpha value is -3.35. The molecule has 0 radical (unpaired) electrons. The van der Waals surface area contributed by atoms with Crippen LogP contribution < -0.4 is 10.1 Å². The Balaban J connectivity index is 2.42. The summed E-state index contributed by atoms with van der Waals surface area (Å²) in [4.78, 5) is 38.5. The molecule has 0 aliphatic carbocycles. The zero-order valence-electron chi connectivity index (χ0n) is 16.7. The lowest BCUT2D eigenvalue weighted by Crippen LogP contribution is -2.46. The monoisotopic (exact) mass is 399 g/mol. The molecule has 0 fully saturated rings. The Morgan fingerprint density at radius 3 is 2.00 bits per heavy atom. The minimum atomic E-state index is -1.40. The number of methoxy groups -OCH3 is 1. The Bertz CT molecular complexity index is 819. The van der Waals surface area contributed by atoms with Gasteiger partial charge in [-0.2, -0.15) is 0 Å². The maximum Gasteiger partial charge on any atom is 0.329 e. The summed E-state index contributed by atoms with van der Waals surface area (Å²) >= 11 is 0. The first-order valence-corrected chi connectivity index (χ1v) is 9.34. The second-order valence-corrected chi connectivity index (χ2v) is 6.06. The molecule has 0 spiro atoms. The van der Waals surface area contributed by atoms with Crippen LogP contribution in [0.1, 0.15) is 24.2 Å². The third-order valence-electron chi connectivity index (χ3n) is 4.17. The highest BCUT2D eigenvalue weighted by Gasteiger charge is 2.42. The number of ether oxygens (including phenoxy) is 3. The average Bonchev–Trinajstić information content (AvgIpc) is 2.74. The van der Waals surface area contributed by atoms with Crippen molar-refractivity contribution in [2.24, 2.45) is 5.92 Å². The van der Waals surface area contributed by atoms with Gasteiger partial charge in [-0.15, -0.1) is 0 Å². The predicted octanol–water partition coefficient (Wildman–Crippen LogP) is 3.10. The number of nitrogens with one attached hydrogen (secondary N) is 1. The second kappa shape index (κ2) is 10.8. The van der Waals surface area contributed by atoms with Gasteiger partial charge in [0.05, 0.1) is 20.3 Å². The smallest absolute Gasteiger partial charge is 0.329 e. The summed E-state index contributed by atoms with van der Waals surface area (Å²) in [5.41, 5.74) is 0.829. The number of rotatable bonds is 10. The first-order chi connectivity index (χ1) is 14.0. The van der Waals surface area contributed by atoms with Crippen molar-refractivity contribution in [2.45, 2.75) is 19.9 Å². The standard InChI is InChI=1S/C22H25NO6/c1-4-28-21(25)18(20(24)15-9-7-6-8-10-15)19(22(26)29-5-2)23-16-11-13-17(27-3)14-12-16/h6-14,18-19,23H,4-5H2,1-3H3. The highest BCUT2D eigenvalue weighted by molar-refractivity contribution is 6.12. The van der Waals surface area contributed by atoms with E-state index in [9.17, 15) is 14.4 Å². The molecule has 0 aliphatic rings. The van der Waals surface area contributed by atoms with Gasteiger partial charge in [-0.25, -0.2) is 4.79 Å². The Morgan fingerprint density at radius 2 is 1.45 bits per heavy atom. The first kappa shape index (κ1) is 21.9. The van der Waals surface area contributed by atoms with Crippen LogP contribution in [0.4, 0.5) is 5.69 Å². The zero-order valence-corrected chi connectivity index (χ0v) is 16.7. The molecule has 7 heteroatoms. The molecule has 0 saturated carbocycles. The molecule has 154 valence electrons. The van der Waals surface area contributed by atoms with E-state index in [0.29, 0.717) is 17.0 Å². The van der Waals surface area contributed by atoms with Gasteiger partial charge in [0.1, 0.15) is 11.8 Å². The quantitative estimate of drug-likeness (QED) is 0.373. The highest BCUT2D eigenvalue weighted by atomic mass is 16.5. The largest absolute Gasteiger partial charge is 0.497 e. The molecular formula is C22H25NO6. The van der Waals surface area contributed by atoms with Crippen LogP contribution in [0.15, 0.2) is 54.6 Å². The number of anilines is 1. The molecule has 0 amide bonds. The van der Waals surface area contributed by atoms with Crippen molar-refractivity contribution in [3.05, 3.63) is 60.2 Å². The van der Waals surface area contributed by atoms with E-state index in [2.05, 4.69) is 5.32 Å². The van der Waals surface area contributed by atoms with E-state index in [4.69, 9.17) is 14.2 Å². The lowest BCUT2D eigenvalue weighted by atomic mass is 9.90. The number of esters is 2. The van der Waals surface area contributed by atoms with Crippen molar-refractivity contribution in [1.82, 2.24) is 0 Å². The number of carbonyl (C=O) groups excluding carboxylic acids is 3. The minimum absolute atomic E-state index is 0.0789. The van der Waals surface area contributed by atoms with Gasteiger partial charge in [0.15, 0.2) is 11.7 Å². The third kappa shape index (κ3) is 5.81. The summed E-state index contributed by atoms with van der Waals surface area (Å²) in [6.07, 6.45) is 0. The predicted molar refractivity (Wildman–Crippen MR) is 108 cm³/mol. The molecule has 0 aromatic heterocycles. The van der Waals surface area contributed by atoms with E-state index >= 15 is 0 Å². The van der Waals surface area contributed by atoms with Crippen molar-refractivity contribution in [1.29, 1.82) is 0 Å². The van der Waals surface area contributed by atoms with Crippen molar-refractivity contribution in [3.63, 3.8) is 0 Å². The van der Waals surface area contributed by atoms with Crippen LogP contribution in [0.5, 0.6) is 5.75 Å². The molecule has 0 bridgehead atoms. The van der Waals surface area contributed by atoms with E-state index in [-0.39, 0.29) is 13.2 Å². The molecule has 0 saturated heterocycles. The van der Waals surface area contributed by atoms with Gasteiger partial charge < -0.3 is 19.5 Å². The number of hydrogen-bond donors (Lipinski definition) is 1. The van der Waals surface area contributed by atoms with Crippen molar-refractivity contribution in [2.75, 3.05) is 25.6 Å². The van der Waals surface area contributed by atoms with E-state index < -0.39 is 29.7 Å². The SMILES string of the molecule is CCOC(=O)C(Nc1ccc(OC)cc1)C(C(=O)OCC)C(=O)c1ccccc1. The number of carbonyl (C=O) groups is 3. The van der Waals surface area contributed by atoms with Gasteiger partial charge >= 0.3 is 11.9 Å². The van der Waals surface area contributed by atoms with E-state index in [0.717, 1.165) is 0 Å². The molecule has 0 aliphatic heterocycles. The average molecular weight is 399 g/mol. The summed E-state index contributed by atoms with van der Waals surface area (Å²) in [6.45, 7) is 3.48. The van der Waals surface area contributed by atoms with E-state index in [1.54, 1.807) is 75.6 Å². The fourth-order valence-corrected chi connectivity index (χ4v) is 2.79. The molecule has 2 aromatic carbocycles. The van der Waals surface area contributed by atoms with Crippen molar-refractivity contribution >= 4 is 23.4 Å². The lowest BCUT2D eigenvalue weighted by Gasteiger charge is -2.25. The van der Waals surface area contributed by atoms with Crippen LogP contribution in [0, 0.1) is 5.92 Å². The minimum Gasteiger partial charge on any atom is -0.497 e. The third-order valence-corrected chi connectivity index (χ3v) is 4.17. The normalized spacial score (nSPS) is 12.4. The Labute approximate surface area is 170 Å². The molecule has 0 heterocycles. The fourth-order valence-electron chi connectivity index (χ4n) is 2.79. The van der Waals surface area contributed by atoms with Gasteiger partial charge in [0, 0.05) is 11.3 Å². The van der Waals surface area contributed by atoms with Crippen LogP contribution in [0.3, 0.4) is 0 Å². The maximum atomic E-state index is 13.1. The number of hydrogen-bond acceptors (Lipinski definition) is 7. The van der Waals surface area contributed by atoms with Gasteiger partial charge in [-0.05, 0) is 38.1 Å². The van der Waals surface area contributed by atoms with Gasteiger partial charge in [0.25, 0.3) is 0 Å².